The first-order valence-electron chi connectivity index (χ1n) is 7.99. The summed E-state index contributed by atoms with van der Waals surface area (Å²) in [5, 5.41) is 22.6. The average molecular weight is 345 g/mol. The van der Waals surface area contributed by atoms with Crippen LogP contribution < -0.4 is 5.32 Å². The van der Waals surface area contributed by atoms with Crippen molar-refractivity contribution in [3.8, 4) is 17.0 Å². The van der Waals surface area contributed by atoms with Crippen molar-refractivity contribution in [1.82, 2.24) is 9.38 Å². The maximum atomic E-state index is 11.0. The predicted molar refractivity (Wildman–Crippen MR) is 99.0 cm³/mol. The van der Waals surface area contributed by atoms with E-state index in [1.165, 1.54) is 12.1 Å². The predicted octanol–water partition coefficient (Wildman–Crippen LogP) is 4.15. The van der Waals surface area contributed by atoms with Gasteiger partial charge in [0.2, 0.25) is 0 Å². The highest BCUT2D eigenvalue weighted by atomic mass is 16.4. The van der Waals surface area contributed by atoms with Crippen LogP contribution in [0.2, 0.25) is 0 Å². The number of carboxylic acids is 1. The third-order valence-electron chi connectivity index (χ3n) is 4.08. The van der Waals surface area contributed by atoms with E-state index < -0.39 is 5.97 Å². The molecular weight excluding hydrogens is 330 g/mol. The molecule has 3 N–H and O–H groups in total. The van der Waals surface area contributed by atoms with Gasteiger partial charge >= 0.3 is 5.97 Å². The van der Waals surface area contributed by atoms with E-state index in [4.69, 9.17) is 5.11 Å². The molecule has 0 bridgehead atoms. The number of aromatic carboxylic acids is 1. The number of nitrogens with one attached hydrogen (secondary N) is 1. The Hall–Kier alpha value is -3.80. The second-order valence-electron chi connectivity index (χ2n) is 5.76. The van der Waals surface area contributed by atoms with Crippen molar-refractivity contribution >= 4 is 23.1 Å². The summed E-state index contributed by atoms with van der Waals surface area (Å²) >= 11 is 0. The standard InChI is InChI=1S/C20H15N3O3/c24-16-6-2-1-5-15(16)18-19(23-12-4-3-7-17(23)22-18)21-14-10-8-13(9-11-14)20(25)26/h1-12,21,24H,(H,25,26). The number of aromatic nitrogens is 2. The third kappa shape index (κ3) is 2.73. The monoisotopic (exact) mass is 345 g/mol. The highest BCUT2D eigenvalue weighted by Gasteiger charge is 2.16. The van der Waals surface area contributed by atoms with Crippen LogP contribution in [-0.4, -0.2) is 25.6 Å². The van der Waals surface area contributed by atoms with E-state index in [-0.39, 0.29) is 11.3 Å². The van der Waals surface area contributed by atoms with E-state index in [0.717, 1.165) is 11.3 Å². The van der Waals surface area contributed by atoms with E-state index in [1.54, 1.807) is 30.3 Å². The summed E-state index contributed by atoms with van der Waals surface area (Å²) in [6.45, 7) is 0. The number of imidazole rings is 1. The van der Waals surface area contributed by atoms with Crippen LogP contribution >= 0.6 is 0 Å². The molecule has 0 atom stereocenters. The van der Waals surface area contributed by atoms with Crippen LogP contribution in [0.1, 0.15) is 10.4 Å². The van der Waals surface area contributed by atoms with Crippen molar-refractivity contribution in [1.29, 1.82) is 0 Å². The summed E-state index contributed by atoms with van der Waals surface area (Å²) < 4.78 is 1.88. The average Bonchev–Trinajstić information content (AvgIpc) is 3.01. The number of hydrogen-bond acceptors (Lipinski definition) is 4. The maximum absolute atomic E-state index is 11.0. The first-order valence-corrected chi connectivity index (χ1v) is 7.99. The molecule has 6 heteroatoms. The molecule has 2 aromatic carbocycles. The molecule has 0 aliphatic rings. The lowest BCUT2D eigenvalue weighted by Gasteiger charge is -2.10. The van der Waals surface area contributed by atoms with Gasteiger partial charge in [0.15, 0.2) is 0 Å². The van der Waals surface area contributed by atoms with Crippen LogP contribution in [0.5, 0.6) is 5.75 Å². The number of rotatable bonds is 4. The fourth-order valence-electron chi connectivity index (χ4n) is 2.81. The molecule has 0 radical (unpaired) electrons. The lowest BCUT2D eigenvalue weighted by atomic mass is 10.1. The van der Waals surface area contributed by atoms with Crippen LogP contribution in [0.15, 0.2) is 72.9 Å². The van der Waals surface area contributed by atoms with Crippen LogP contribution in [0, 0.1) is 0 Å². The largest absolute Gasteiger partial charge is 0.507 e. The Bertz CT molecular complexity index is 1100. The molecule has 0 saturated heterocycles. The number of nitrogens with zero attached hydrogens (tertiary/aromatic N) is 2. The number of aromatic hydroxyl groups is 1. The zero-order valence-corrected chi connectivity index (χ0v) is 13.6. The molecular formula is C20H15N3O3. The summed E-state index contributed by atoms with van der Waals surface area (Å²) in [5.41, 5.74) is 2.89. The van der Waals surface area contributed by atoms with E-state index >= 15 is 0 Å². The maximum Gasteiger partial charge on any atom is 0.335 e. The Morgan fingerprint density at radius 3 is 2.42 bits per heavy atom. The minimum Gasteiger partial charge on any atom is -0.507 e. The number of pyridine rings is 1. The number of carboxylic acid groups (broad SMARTS) is 1. The molecule has 0 spiro atoms. The Balaban J connectivity index is 1.84. The second-order valence-corrected chi connectivity index (χ2v) is 5.76. The van der Waals surface area contributed by atoms with Crippen molar-refractivity contribution in [2.45, 2.75) is 0 Å². The van der Waals surface area contributed by atoms with Crippen LogP contribution in [-0.2, 0) is 0 Å². The first kappa shape index (κ1) is 15.7. The number of carbonyl (C=O) groups is 1. The molecule has 2 heterocycles. The van der Waals surface area contributed by atoms with Crippen molar-refractivity contribution in [3.05, 3.63) is 78.5 Å². The molecule has 26 heavy (non-hydrogen) atoms. The second kappa shape index (κ2) is 6.25. The molecule has 0 aliphatic heterocycles. The Kier molecular flexibility index (Phi) is 3.78. The van der Waals surface area contributed by atoms with Gasteiger partial charge < -0.3 is 15.5 Å². The lowest BCUT2D eigenvalue weighted by molar-refractivity contribution is 0.0697. The fraction of sp³-hybridized carbons (Fsp3) is 0. The number of phenols is 1. The SMILES string of the molecule is O=C(O)c1ccc(Nc2c(-c3ccccc3O)nc3ccccn23)cc1. The molecule has 4 rings (SSSR count). The summed E-state index contributed by atoms with van der Waals surface area (Å²) in [6.07, 6.45) is 1.87. The molecule has 4 aromatic rings. The minimum absolute atomic E-state index is 0.139. The van der Waals surface area contributed by atoms with Crippen LogP contribution in [0.4, 0.5) is 11.5 Å². The van der Waals surface area contributed by atoms with Gasteiger partial charge in [0.1, 0.15) is 22.9 Å². The van der Waals surface area contributed by atoms with Gasteiger partial charge in [0, 0.05) is 17.4 Å². The van der Waals surface area contributed by atoms with Gasteiger partial charge in [0.25, 0.3) is 0 Å². The zero-order chi connectivity index (χ0) is 18.1. The number of para-hydroxylation sites is 1. The molecule has 6 nitrogen and oxygen atoms in total. The van der Waals surface area contributed by atoms with E-state index in [9.17, 15) is 9.90 Å². The third-order valence-corrected chi connectivity index (χ3v) is 4.08. The molecule has 0 aliphatic carbocycles. The minimum atomic E-state index is -0.971. The van der Waals surface area contributed by atoms with Gasteiger partial charge in [-0.25, -0.2) is 9.78 Å². The Morgan fingerprint density at radius 1 is 0.962 bits per heavy atom. The number of fused-ring (bicyclic) bond motifs is 1. The van der Waals surface area contributed by atoms with Gasteiger partial charge in [-0.3, -0.25) is 4.40 Å². The Morgan fingerprint density at radius 2 is 1.69 bits per heavy atom. The van der Waals surface area contributed by atoms with Crippen molar-refractivity contribution in [2.75, 3.05) is 5.32 Å². The van der Waals surface area contributed by atoms with E-state index in [0.29, 0.717) is 17.1 Å². The molecule has 0 fully saturated rings. The van der Waals surface area contributed by atoms with Crippen LogP contribution in [0.3, 0.4) is 0 Å². The Labute approximate surface area is 149 Å². The molecule has 0 unspecified atom stereocenters. The van der Waals surface area contributed by atoms with Gasteiger partial charge in [-0.15, -0.1) is 0 Å². The van der Waals surface area contributed by atoms with Gasteiger partial charge in [-0.05, 0) is 48.5 Å². The number of hydrogen-bond donors (Lipinski definition) is 3. The van der Waals surface area contributed by atoms with Gasteiger partial charge in [-0.1, -0.05) is 18.2 Å². The normalized spacial score (nSPS) is 10.8. The summed E-state index contributed by atoms with van der Waals surface area (Å²) in [6, 6.07) is 19.1. The topological polar surface area (TPSA) is 86.9 Å². The zero-order valence-electron chi connectivity index (χ0n) is 13.6. The lowest BCUT2D eigenvalue weighted by Crippen LogP contribution is -1.99. The molecule has 128 valence electrons. The first-order chi connectivity index (χ1) is 12.6. The van der Waals surface area contributed by atoms with Crippen molar-refractivity contribution in [3.63, 3.8) is 0 Å². The molecule has 2 aromatic heterocycles. The van der Waals surface area contributed by atoms with Crippen molar-refractivity contribution < 1.29 is 15.0 Å². The van der Waals surface area contributed by atoms with Crippen molar-refractivity contribution in [2.24, 2.45) is 0 Å². The highest BCUT2D eigenvalue weighted by Crippen LogP contribution is 2.35. The van der Waals surface area contributed by atoms with E-state index in [1.807, 2.05) is 34.9 Å². The summed E-state index contributed by atoms with van der Waals surface area (Å²) in [4.78, 5) is 15.7. The fourth-order valence-corrected chi connectivity index (χ4v) is 2.81. The molecule has 0 saturated carbocycles. The van der Waals surface area contributed by atoms with Gasteiger partial charge in [0.05, 0.1) is 5.56 Å². The summed E-state index contributed by atoms with van der Waals surface area (Å²) in [5.74, 6) is -0.147. The van der Waals surface area contributed by atoms with E-state index in [2.05, 4.69) is 10.3 Å². The number of anilines is 2. The highest BCUT2D eigenvalue weighted by molar-refractivity contribution is 5.88. The molecule has 0 amide bonds. The van der Waals surface area contributed by atoms with Crippen LogP contribution in [0.25, 0.3) is 16.9 Å². The van der Waals surface area contributed by atoms with Gasteiger partial charge in [-0.2, -0.15) is 0 Å². The number of phenolic OH excluding ortho intramolecular Hbond substituents is 1. The summed E-state index contributed by atoms with van der Waals surface area (Å²) in [7, 11) is 0. The number of benzene rings is 2. The quantitative estimate of drug-likeness (QED) is 0.517. The smallest absolute Gasteiger partial charge is 0.335 e.